The first kappa shape index (κ1) is 15.6. The second-order valence-corrected chi connectivity index (χ2v) is 6.42. The summed E-state index contributed by atoms with van der Waals surface area (Å²) >= 11 is 0. The lowest BCUT2D eigenvalue weighted by atomic mass is 10.1. The van der Waals surface area contributed by atoms with E-state index in [1.165, 1.54) is 6.33 Å². The van der Waals surface area contributed by atoms with Gasteiger partial charge in [-0.15, -0.1) is 0 Å². The minimum Gasteiger partial charge on any atom is -0.335 e. The van der Waals surface area contributed by atoms with Crippen LogP contribution in [0, 0.1) is 5.92 Å². The summed E-state index contributed by atoms with van der Waals surface area (Å²) < 4.78 is 3.96. The monoisotopic (exact) mass is 336 g/mol. The number of imidazole rings is 1. The van der Waals surface area contributed by atoms with Crippen LogP contribution in [0.15, 0.2) is 55.4 Å². The van der Waals surface area contributed by atoms with Gasteiger partial charge in [-0.05, 0) is 5.56 Å². The molecule has 1 aromatic carbocycles. The van der Waals surface area contributed by atoms with E-state index in [1.54, 1.807) is 12.5 Å². The first-order valence-corrected chi connectivity index (χ1v) is 8.42. The second kappa shape index (κ2) is 6.88. The van der Waals surface area contributed by atoms with Crippen molar-refractivity contribution in [3.8, 4) is 0 Å². The Bertz CT molecular complexity index is 826. The van der Waals surface area contributed by atoms with Crippen LogP contribution in [0.1, 0.15) is 11.4 Å². The molecule has 3 aromatic rings. The lowest BCUT2D eigenvalue weighted by molar-refractivity contribution is -0.131. The van der Waals surface area contributed by atoms with Gasteiger partial charge in [-0.1, -0.05) is 30.3 Å². The highest BCUT2D eigenvalue weighted by Gasteiger charge is 2.26. The molecule has 0 aliphatic carbocycles. The number of nitrogens with zero attached hydrogens (tertiary/aromatic N) is 6. The van der Waals surface area contributed by atoms with Crippen molar-refractivity contribution < 1.29 is 4.79 Å². The van der Waals surface area contributed by atoms with Crippen LogP contribution in [0.4, 0.5) is 0 Å². The van der Waals surface area contributed by atoms with Crippen molar-refractivity contribution in [2.24, 2.45) is 5.92 Å². The zero-order valence-electron chi connectivity index (χ0n) is 13.9. The van der Waals surface area contributed by atoms with Crippen LogP contribution in [0.5, 0.6) is 0 Å². The Hall–Kier alpha value is -2.96. The Labute approximate surface area is 145 Å². The van der Waals surface area contributed by atoms with E-state index in [0.717, 1.165) is 24.5 Å². The molecule has 0 fully saturated rings. The highest BCUT2D eigenvalue weighted by molar-refractivity contribution is 5.78. The molecule has 0 saturated heterocycles. The van der Waals surface area contributed by atoms with Crippen molar-refractivity contribution in [3.63, 3.8) is 0 Å². The van der Waals surface area contributed by atoms with Crippen molar-refractivity contribution in [2.75, 3.05) is 6.54 Å². The number of hydrogen-bond donors (Lipinski definition) is 0. The SMILES string of the molecule is O=C(Cc1ccccc1)N1Cc2nccn2C[C@@H](Cn2cncn2)C1. The van der Waals surface area contributed by atoms with E-state index in [9.17, 15) is 4.79 Å². The summed E-state index contributed by atoms with van der Waals surface area (Å²) in [5.74, 6) is 1.32. The summed E-state index contributed by atoms with van der Waals surface area (Å²) in [7, 11) is 0. The number of benzene rings is 1. The lowest BCUT2D eigenvalue weighted by Gasteiger charge is -2.24. The van der Waals surface area contributed by atoms with Crippen molar-refractivity contribution in [1.29, 1.82) is 0 Å². The molecule has 4 rings (SSSR count). The van der Waals surface area contributed by atoms with Crippen molar-refractivity contribution in [3.05, 3.63) is 66.8 Å². The van der Waals surface area contributed by atoms with Gasteiger partial charge in [0.25, 0.3) is 0 Å². The molecule has 0 saturated carbocycles. The number of carbonyl (C=O) groups excluding carboxylic acids is 1. The first-order valence-electron chi connectivity index (χ1n) is 8.42. The quantitative estimate of drug-likeness (QED) is 0.722. The number of amides is 1. The molecule has 0 N–H and O–H groups in total. The van der Waals surface area contributed by atoms with Gasteiger partial charge in [0.1, 0.15) is 18.5 Å². The Morgan fingerprint density at radius 1 is 1.20 bits per heavy atom. The summed E-state index contributed by atoms with van der Waals surface area (Å²) in [4.78, 5) is 23.2. The van der Waals surface area contributed by atoms with Gasteiger partial charge >= 0.3 is 0 Å². The molecule has 25 heavy (non-hydrogen) atoms. The Kier molecular flexibility index (Phi) is 4.28. The Morgan fingerprint density at radius 3 is 2.88 bits per heavy atom. The largest absolute Gasteiger partial charge is 0.335 e. The molecular formula is C18H20N6O. The molecule has 1 aliphatic heterocycles. The summed E-state index contributed by atoms with van der Waals surface area (Å²) in [5.41, 5.74) is 1.04. The van der Waals surface area contributed by atoms with Crippen molar-refractivity contribution >= 4 is 5.91 Å². The smallest absolute Gasteiger partial charge is 0.227 e. The molecule has 0 unspecified atom stereocenters. The fourth-order valence-electron chi connectivity index (χ4n) is 3.32. The average molecular weight is 336 g/mol. The number of carbonyl (C=O) groups is 1. The van der Waals surface area contributed by atoms with E-state index >= 15 is 0 Å². The molecule has 7 heteroatoms. The number of rotatable bonds is 4. The molecule has 0 bridgehead atoms. The fourth-order valence-corrected chi connectivity index (χ4v) is 3.32. The van der Waals surface area contributed by atoms with Crippen LogP contribution in [-0.4, -0.2) is 41.7 Å². The van der Waals surface area contributed by atoms with Crippen LogP contribution in [0.3, 0.4) is 0 Å². The molecule has 0 spiro atoms. The molecule has 3 heterocycles. The van der Waals surface area contributed by atoms with E-state index in [-0.39, 0.29) is 11.8 Å². The standard InChI is InChI=1S/C18H20N6O/c25-18(8-15-4-2-1-3-5-15)23-10-16(11-24-14-19-13-21-24)9-22-7-6-20-17(22)12-23/h1-7,13-14,16H,8-12H2/t16-/m1/s1. The van der Waals surface area contributed by atoms with Gasteiger partial charge < -0.3 is 9.47 Å². The maximum Gasteiger partial charge on any atom is 0.227 e. The Morgan fingerprint density at radius 2 is 2.08 bits per heavy atom. The molecule has 128 valence electrons. The highest BCUT2D eigenvalue weighted by atomic mass is 16.2. The van der Waals surface area contributed by atoms with E-state index in [2.05, 4.69) is 19.6 Å². The van der Waals surface area contributed by atoms with Crippen LogP contribution >= 0.6 is 0 Å². The second-order valence-electron chi connectivity index (χ2n) is 6.42. The van der Waals surface area contributed by atoms with Crippen LogP contribution in [0.2, 0.25) is 0 Å². The van der Waals surface area contributed by atoms with Crippen molar-refractivity contribution in [2.45, 2.75) is 26.1 Å². The van der Waals surface area contributed by atoms with Gasteiger partial charge in [-0.3, -0.25) is 9.48 Å². The van der Waals surface area contributed by atoms with Gasteiger partial charge in [0.2, 0.25) is 5.91 Å². The normalized spacial score (nSPS) is 17.1. The lowest BCUT2D eigenvalue weighted by Crippen LogP contribution is -2.36. The third-order valence-corrected chi connectivity index (χ3v) is 4.53. The average Bonchev–Trinajstić information content (AvgIpc) is 3.24. The van der Waals surface area contributed by atoms with Crippen molar-refractivity contribution in [1.82, 2.24) is 29.2 Å². The zero-order chi connectivity index (χ0) is 17.1. The summed E-state index contributed by atoms with van der Waals surface area (Å²) in [5, 5.41) is 4.20. The number of hydrogen-bond acceptors (Lipinski definition) is 4. The van der Waals surface area contributed by atoms with Crippen LogP contribution in [0.25, 0.3) is 0 Å². The zero-order valence-corrected chi connectivity index (χ0v) is 13.9. The molecule has 7 nitrogen and oxygen atoms in total. The molecular weight excluding hydrogens is 316 g/mol. The molecule has 1 amide bonds. The van der Waals surface area contributed by atoms with Gasteiger partial charge in [0.05, 0.1) is 13.0 Å². The Balaban J connectivity index is 1.53. The van der Waals surface area contributed by atoms with E-state index in [0.29, 0.717) is 19.5 Å². The highest BCUT2D eigenvalue weighted by Crippen LogP contribution is 2.18. The number of aromatic nitrogens is 5. The van der Waals surface area contributed by atoms with Gasteiger partial charge in [0, 0.05) is 37.9 Å². The minimum absolute atomic E-state index is 0.131. The van der Waals surface area contributed by atoms with E-state index in [1.807, 2.05) is 46.1 Å². The molecule has 1 atom stereocenters. The van der Waals surface area contributed by atoms with Gasteiger partial charge in [-0.2, -0.15) is 5.10 Å². The molecule has 2 aromatic heterocycles. The van der Waals surface area contributed by atoms with E-state index in [4.69, 9.17) is 0 Å². The topological polar surface area (TPSA) is 68.8 Å². The van der Waals surface area contributed by atoms with E-state index < -0.39 is 0 Å². The van der Waals surface area contributed by atoms with Gasteiger partial charge in [0.15, 0.2) is 0 Å². The summed E-state index contributed by atoms with van der Waals surface area (Å²) in [6, 6.07) is 9.87. The number of fused-ring (bicyclic) bond motifs is 1. The predicted molar refractivity (Wildman–Crippen MR) is 91.3 cm³/mol. The van der Waals surface area contributed by atoms with Gasteiger partial charge in [-0.25, -0.2) is 9.97 Å². The molecule has 1 aliphatic rings. The maximum absolute atomic E-state index is 12.9. The first-order chi connectivity index (χ1) is 12.3. The predicted octanol–water partition coefficient (Wildman–Crippen LogP) is 1.38. The van der Waals surface area contributed by atoms with Crippen LogP contribution < -0.4 is 0 Å². The summed E-state index contributed by atoms with van der Waals surface area (Å²) in [6.07, 6.45) is 7.45. The fraction of sp³-hybridized carbons (Fsp3) is 0.333. The minimum atomic E-state index is 0.131. The third-order valence-electron chi connectivity index (χ3n) is 4.53. The maximum atomic E-state index is 12.9. The summed E-state index contributed by atoms with van der Waals surface area (Å²) in [6.45, 7) is 2.79. The van der Waals surface area contributed by atoms with Crippen LogP contribution in [-0.2, 0) is 30.8 Å². The third kappa shape index (κ3) is 3.60. The molecule has 0 radical (unpaired) electrons.